The first-order valence-electron chi connectivity index (χ1n) is 10.4. The number of nitrogens with zero attached hydrogens (tertiary/aromatic N) is 3. The minimum atomic E-state index is -3.72. The molecule has 3 aromatic rings. The van der Waals surface area contributed by atoms with Crippen molar-refractivity contribution in [1.82, 2.24) is 9.97 Å². The van der Waals surface area contributed by atoms with Gasteiger partial charge in [0.1, 0.15) is 12.9 Å². The molecule has 186 valence electrons. The molecule has 0 aliphatic rings. The van der Waals surface area contributed by atoms with Gasteiger partial charge in [0.15, 0.2) is 15.5 Å². The Morgan fingerprint density at radius 2 is 1.80 bits per heavy atom. The number of sulfone groups is 1. The monoisotopic (exact) mass is 519 g/mol. The first-order valence-corrected chi connectivity index (χ1v) is 14.6. The molecule has 0 saturated heterocycles. The van der Waals surface area contributed by atoms with E-state index in [1.807, 2.05) is 0 Å². The number of anilines is 3. The van der Waals surface area contributed by atoms with E-state index in [4.69, 9.17) is 10.5 Å². The lowest BCUT2D eigenvalue weighted by molar-refractivity contribution is -0.383. The van der Waals surface area contributed by atoms with Crippen LogP contribution in [0.25, 0.3) is 11.3 Å². The number of para-hydroxylation sites is 1. The Morgan fingerprint density at radius 3 is 2.37 bits per heavy atom. The van der Waals surface area contributed by atoms with Gasteiger partial charge in [-0.25, -0.2) is 13.4 Å². The number of hydrogen-bond acceptors (Lipinski definition) is 10. The van der Waals surface area contributed by atoms with Gasteiger partial charge in [-0.15, -0.1) is 0 Å². The summed E-state index contributed by atoms with van der Waals surface area (Å²) in [5.41, 5.74) is 5.56. The van der Waals surface area contributed by atoms with Crippen molar-refractivity contribution < 1.29 is 22.6 Å². The van der Waals surface area contributed by atoms with Crippen molar-refractivity contribution in [2.45, 2.75) is 24.0 Å². The third-order valence-corrected chi connectivity index (χ3v) is 8.95. The maximum Gasteiger partial charge on any atom is 0.338 e. The van der Waals surface area contributed by atoms with E-state index < -0.39 is 32.8 Å². The number of aromatic nitrogens is 2. The first-order chi connectivity index (χ1) is 16.3. The fourth-order valence-electron chi connectivity index (χ4n) is 3.33. The number of rotatable bonds is 8. The lowest BCUT2D eigenvalue weighted by atomic mass is 10.1. The van der Waals surface area contributed by atoms with Gasteiger partial charge in [-0.1, -0.05) is 18.2 Å². The van der Waals surface area contributed by atoms with Gasteiger partial charge in [-0.05, 0) is 51.4 Å². The van der Waals surface area contributed by atoms with Crippen molar-refractivity contribution in [3.8, 4) is 17.0 Å². The molecule has 0 unspecified atom stereocenters. The van der Waals surface area contributed by atoms with Gasteiger partial charge in [0.25, 0.3) is 0 Å². The number of nitro groups is 1. The Labute approximate surface area is 203 Å². The average Bonchev–Trinajstić information content (AvgIpc) is 2.77. The molecular formula is C22H26N5O6PS. The molecule has 11 nitrogen and oxygen atoms in total. The van der Waals surface area contributed by atoms with Gasteiger partial charge < -0.3 is 20.4 Å². The third-order valence-electron chi connectivity index (χ3n) is 5.21. The Morgan fingerprint density at radius 1 is 1.14 bits per heavy atom. The molecule has 0 atom stereocenters. The van der Waals surface area contributed by atoms with Crippen LogP contribution in [0, 0.1) is 10.1 Å². The van der Waals surface area contributed by atoms with Crippen molar-refractivity contribution >= 4 is 45.4 Å². The van der Waals surface area contributed by atoms with Crippen molar-refractivity contribution in [3.63, 3.8) is 0 Å². The van der Waals surface area contributed by atoms with E-state index in [-0.39, 0.29) is 39.4 Å². The number of methoxy groups -OCH3 is 1. The normalized spacial score (nSPS) is 11.9. The maximum absolute atomic E-state index is 12.8. The van der Waals surface area contributed by atoms with Crippen molar-refractivity contribution in [3.05, 3.63) is 52.6 Å². The molecule has 0 amide bonds. The van der Waals surface area contributed by atoms with Crippen LogP contribution < -0.4 is 21.1 Å². The van der Waals surface area contributed by atoms with Crippen LogP contribution in [0.4, 0.5) is 23.1 Å². The minimum absolute atomic E-state index is 0.0355. The number of benzene rings is 2. The number of nitrogen functional groups attached to an aromatic ring is 1. The molecule has 3 N–H and O–H groups in total. The van der Waals surface area contributed by atoms with Crippen molar-refractivity contribution in [1.29, 1.82) is 0 Å². The zero-order chi connectivity index (χ0) is 26.1. The second kappa shape index (κ2) is 9.63. The molecule has 1 heterocycles. The highest BCUT2D eigenvalue weighted by Gasteiger charge is 2.30. The number of nitrogens with two attached hydrogens (primary N) is 1. The number of nitrogens with one attached hydrogen (secondary N) is 1. The number of ether oxygens (including phenoxy) is 1. The molecule has 35 heavy (non-hydrogen) atoms. The lowest BCUT2D eigenvalue weighted by Crippen LogP contribution is -2.16. The summed E-state index contributed by atoms with van der Waals surface area (Å²) in [6, 6.07) is 10.7. The summed E-state index contributed by atoms with van der Waals surface area (Å²) in [4.78, 5) is 19.5. The summed E-state index contributed by atoms with van der Waals surface area (Å²) >= 11 is 0. The lowest BCUT2D eigenvalue weighted by Gasteiger charge is -2.16. The van der Waals surface area contributed by atoms with Gasteiger partial charge in [0.05, 0.1) is 27.9 Å². The van der Waals surface area contributed by atoms with E-state index in [2.05, 4.69) is 15.3 Å². The van der Waals surface area contributed by atoms with E-state index in [0.29, 0.717) is 5.30 Å². The largest absolute Gasteiger partial charge is 0.496 e. The van der Waals surface area contributed by atoms with Crippen LogP contribution in [0.2, 0.25) is 0 Å². The average molecular weight is 520 g/mol. The second-order valence-electron chi connectivity index (χ2n) is 8.34. The van der Waals surface area contributed by atoms with E-state index in [9.17, 15) is 23.1 Å². The highest BCUT2D eigenvalue weighted by atomic mass is 32.2. The van der Waals surface area contributed by atoms with Crippen molar-refractivity contribution in [2.75, 3.05) is 31.5 Å². The van der Waals surface area contributed by atoms with E-state index >= 15 is 0 Å². The molecule has 0 aliphatic heterocycles. The Balaban J connectivity index is 2.26. The highest BCUT2D eigenvalue weighted by molar-refractivity contribution is 7.92. The zero-order valence-corrected chi connectivity index (χ0v) is 21.6. The minimum Gasteiger partial charge on any atom is -0.496 e. The standard InChI is InChI=1S/C22H26N5O6PS/c1-13(2)35(31,32)18-9-7-6-8-16(18)24-21-20(27(28)29)19(25-22(23)26-21)15-11-10-14(34(4,5)30)12-17(15)33-3/h6-13H,1-5H3,(H3,23,24,25,26). The quantitative estimate of drug-likeness (QED) is 0.254. The topological polar surface area (TPSA) is 167 Å². The van der Waals surface area contributed by atoms with Gasteiger partial charge >= 0.3 is 5.69 Å². The molecule has 0 aliphatic carbocycles. The molecule has 0 spiro atoms. The van der Waals surface area contributed by atoms with Crippen LogP contribution in [-0.4, -0.2) is 49.0 Å². The molecule has 0 saturated carbocycles. The third kappa shape index (κ3) is 5.28. The molecule has 13 heteroatoms. The van der Waals surface area contributed by atoms with Crippen molar-refractivity contribution in [2.24, 2.45) is 0 Å². The molecular weight excluding hydrogens is 493 g/mol. The maximum atomic E-state index is 12.8. The summed E-state index contributed by atoms with van der Waals surface area (Å²) in [5.74, 6) is -0.354. The summed E-state index contributed by atoms with van der Waals surface area (Å²) < 4.78 is 43.6. The van der Waals surface area contributed by atoms with Gasteiger partial charge in [-0.2, -0.15) is 4.98 Å². The van der Waals surface area contributed by atoms with Crippen LogP contribution in [0.3, 0.4) is 0 Å². The first kappa shape index (κ1) is 26.1. The molecule has 0 bridgehead atoms. The predicted octanol–water partition coefficient (Wildman–Crippen LogP) is 3.82. The predicted molar refractivity (Wildman–Crippen MR) is 136 cm³/mol. The molecule has 3 rings (SSSR count). The van der Waals surface area contributed by atoms with Gasteiger partial charge in [0.2, 0.25) is 11.8 Å². The van der Waals surface area contributed by atoms with Crippen LogP contribution in [0.1, 0.15) is 13.8 Å². The molecule has 1 aromatic heterocycles. The summed E-state index contributed by atoms with van der Waals surface area (Å²) in [6.45, 7) is 6.27. The van der Waals surface area contributed by atoms with Crippen LogP contribution in [-0.2, 0) is 14.4 Å². The Hall–Kier alpha value is -3.50. The molecule has 0 fully saturated rings. The van der Waals surface area contributed by atoms with E-state index in [1.165, 1.54) is 45.2 Å². The van der Waals surface area contributed by atoms with E-state index in [0.717, 1.165) is 0 Å². The summed E-state index contributed by atoms with van der Waals surface area (Å²) in [5, 5.41) is 14.7. The van der Waals surface area contributed by atoms with Crippen LogP contribution in [0.5, 0.6) is 5.75 Å². The fraction of sp³-hybridized carbons (Fsp3) is 0.273. The summed E-state index contributed by atoms with van der Waals surface area (Å²) in [7, 11) is -4.98. The number of hydrogen-bond donors (Lipinski definition) is 2. The Kier molecular flexibility index (Phi) is 7.18. The molecule has 2 aromatic carbocycles. The fourth-order valence-corrected chi connectivity index (χ4v) is 5.39. The summed E-state index contributed by atoms with van der Waals surface area (Å²) in [6.07, 6.45) is 0. The SMILES string of the molecule is COc1cc(P(C)(C)=O)ccc1-c1nc(N)nc(Nc2ccccc2S(=O)(=O)C(C)C)c1[N+](=O)[O-]. The van der Waals surface area contributed by atoms with E-state index in [1.54, 1.807) is 31.5 Å². The Bertz CT molecular complexity index is 1450. The molecule has 0 radical (unpaired) electrons. The van der Waals surface area contributed by atoms with Crippen LogP contribution in [0.15, 0.2) is 47.4 Å². The smallest absolute Gasteiger partial charge is 0.338 e. The highest BCUT2D eigenvalue weighted by Crippen LogP contribution is 2.42. The van der Waals surface area contributed by atoms with Gasteiger partial charge in [0, 0.05) is 10.9 Å². The second-order valence-corrected chi connectivity index (χ2v) is 14.0. The van der Waals surface area contributed by atoms with Gasteiger partial charge in [-0.3, -0.25) is 10.1 Å². The van der Waals surface area contributed by atoms with Crippen LogP contribution >= 0.6 is 7.14 Å². The zero-order valence-electron chi connectivity index (χ0n) is 19.8.